The summed E-state index contributed by atoms with van der Waals surface area (Å²) in [6.45, 7) is 4.94. The summed E-state index contributed by atoms with van der Waals surface area (Å²) in [6, 6.07) is 13.8. The summed E-state index contributed by atoms with van der Waals surface area (Å²) >= 11 is 0. The van der Waals surface area contributed by atoms with Gasteiger partial charge >= 0.3 is 0 Å². The van der Waals surface area contributed by atoms with Crippen molar-refractivity contribution in [1.82, 2.24) is 19.6 Å². The van der Waals surface area contributed by atoms with E-state index in [0.717, 1.165) is 54.1 Å². The summed E-state index contributed by atoms with van der Waals surface area (Å²) in [6.07, 6.45) is 3.24. The van der Waals surface area contributed by atoms with E-state index in [0.29, 0.717) is 6.04 Å². The molecule has 1 aromatic heterocycles. The summed E-state index contributed by atoms with van der Waals surface area (Å²) in [5.41, 5.74) is 4.86. The van der Waals surface area contributed by atoms with Crippen LogP contribution in [0.5, 0.6) is 5.75 Å². The Morgan fingerprint density at radius 2 is 2.00 bits per heavy atom. The molecule has 0 amide bonds. The summed E-state index contributed by atoms with van der Waals surface area (Å²) in [5, 5.41) is 4.88. The van der Waals surface area contributed by atoms with Crippen LogP contribution < -0.4 is 4.74 Å². The molecular formula is C24H29FN4O. The number of hydrogen-bond donors (Lipinski definition) is 0. The van der Waals surface area contributed by atoms with Gasteiger partial charge in [-0.1, -0.05) is 18.2 Å². The number of rotatable bonds is 6. The lowest BCUT2D eigenvalue weighted by atomic mass is 10.1. The van der Waals surface area contributed by atoms with E-state index in [9.17, 15) is 4.39 Å². The summed E-state index contributed by atoms with van der Waals surface area (Å²) in [5.74, 6) is -0.132. The highest BCUT2D eigenvalue weighted by atomic mass is 19.1. The fourth-order valence-corrected chi connectivity index (χ4v) is 4.14. The van der Waals surface area contributed by atoms with Gasteiger partial charge in [-0.25, -0.2) is 9.07 Å². The van der Waals surface area contributed by atoms with Gasteiger partial charge < -0.3 is 9.64 Å². The molecule has 6 heteroatoms. The van der Waals surface area contributed by atoms with Gasteiger partial charge in [-0.3, -0.25) is 4.90 Å². The van der Waals surface area contributed by atoms with Crippen LogP contribution in [-0.4, -0.2) is 59.9 Å². The third kappa shape index (κ3) is 4.11. The van der Waals surface area contributed by atoms with E-state index in [1.54, 1.807) is 6.07 Å². The third-order valence-electron chi connectivity index (χ3n) is 5.95. The molecule has 4 rings (SSSR count). The van der Waals surface area contributed by atoms with E-state index in [4.69, 9.17) is 9.84 Å². The van der Waals surface area contributed by atoms with Crippen molar-refractivity contribution in [3.63, 3.8) is 0 Å². The van der Waals surface area contributed by atoms with Crippen molar-refractivity contribution in [3.8, 4) is 22.7 Å². The molecule has 0 saturated carbocycles. The molecule has 0 radical (unpaired) electrons. The van der Waals surface area contributed by atoms with Crippen molar-refractivity contribution in [2.75, 3.05) is 34.3 Å². The minimum atomic E-state index is -0.375. The molecule has 1 fully saturated rings. The van der Waals surface area contributed by atoms with Gasteiger partial charge in [0.2, 0.25) is 0 Å². The Labute approximate surface area is 177 Å². The number of methoxy groups -OCH3 is 1. The van der Waals surface area contributed by atoms with Crippen molar-refractivity contribution >= 4 is 0 Å². The SMILES string of the molecule is COc1ccc(-c2nn(-c3ccccc3C)cc2CN2CCC(N(C)C)C2)cc1F. The Balaban J connectivity index is 1.72. The normalized spacial score (nSPS) is 17.1. The largest absolute Gasteiger partial charge is 0.494 e. The molecule has 0 N–H and O–H groups in total. The number of halogens is 1. The van der Waals surface area contributed by atoms with Crippen LogP contribution in [0.15, 0.2) is 48.7 Å². The molecule has 0 spiro atoms. The molecular weight excluding hydrogens is 379 g/mol. The first-order chi connectivity index (χ1) is 14.5. The lowest BCUT2D eigenvalue weighted by Gasteiger charge is -2.20. The molecule has 1 saturated heterocycles. The summed E-state index contributed by atoms with van der Waals surface area (Å²) in [7, 11) is 5.75. The Morgan fingerprint density at radius 3 is 2.67 bits per heavy atom. The average molecular weight is 409 g/mol. The van der Waals surface area contributed by atoms with Crippen molar-refractivity contribution in [1.29, 1.82) is 0 Å². The average Bonchev–Trinajstić information content (AvgIpc) is 3.36. The standard InChI is InChI=1S/C24H29FN4O/c1-17-7-5-6-8-22(17)29-15-19(14-28-12-11-20(16-28)27(2)3)24(26-29)18-9-10-23(30-4)21(25)13-18/h5-10,13,15,20H,11-12,14,16H2,1-4H3. The first kappa shape index (κ1) is 20.6. The molecule has 3 aromatic rings. The van der Waals surface area contributed by atoms with Crippen LogP contribution in [0.25, 0.3) is 16.9 Å². The topological polar surface area (TPSA) is 33.5 Å². The zero-order valence-electron chi connectivity index (χ0n) is 18.1. The monoisotopic (exact) mass is 408 g/mol. The maximum absolute atomic E-state index is 14.4. The number of aromatic nitrogens is 2. The van der Waals surface area contributed by atoms with Crippen LogP contribution in [0.1, 0.15) is 17.5 Å². The molecule has 1 atom stereocenters. The molecule has 5 nitrogen and oxygen atoms in total. The lowest BCUT2D eigenvalue weighted by molar-refractivity contribution is 0.265. The van der Waals surface area contributed by atoms with Crippen molar-refractivity contribution in [3.05, 3.63) is 65.6 Å². The van der Waals surface area contributed by atoms with Crippen molar-refractivity contribution < 1.29 is 9.13 Å². The van der Waals surface area contributed by atoms with Crippen LogP contribution in [-0.2, 0) is 6.54 Å². The number of aryl methyl sites for hydroxylation is 1. The Bertz CT molecular complexity index is 1030. The van der Waals surface area contributed by atoms with Crippen LogP contribution in [0.2, 0.25) is 0 Å². The second-order valence-electron chi connectivity index (χ2n) is 8.22. The molecule has 1 unspecified atom stereocenters. The second kappa shape index (κ2) is 8.58. The highest BCUT2D eigenvalue weighted by Crippen LogP contribution is 2.30. The van der Waals surface area contributed by atoms with E-state index in [1.807, 2.05) is 22.9 Å². The van der Waals surface area contributed by atoms with Crippen molar-refractivity contribution in [2.24, 2.45) is 0 Å². The quantitative estimate of drug-likeness (QED) is 0.614. The molecule has 0 aliphatic carbocycles. The number of nitrogens with zero attached hydrogens (tertiary/aromatic N) is 4. The maximum Gasteiger partial charge on any atom is 0.165 e. The lowest BCUT2D eigenvalue weighted by Crippen LogP contribution is -2.31. The molecule has 0 bridgehead atoms. The zero-order chi connectivity index (χ0) is 21.3. The maximum atomic E-state index is 14.4. The van der Waals surface area contributed by atoms with E-state index in [2.05, 4.69) is 49.1 Å². The van der Waals surface area contributed by atoms with Gasteiger partial charge in [0.1, 0.15) is 0 Å². The van der Waals surface area contributed by atoms with Crippen LogP contribution in [0, 0.1) is 12.7 Å². The molecule has 1 aliphatic heterocycles. The van der Waals surface area contributed by atoms with Gasteiger partial charge in [0.15, 0.2) is 11.6 Å². The predicted molar refractivity (Wildman–Crippen MR) is 118 cm³/mol. The smallest absolute Gasteiger partial charge is 0.165 e. The van der Waals surface area contributed by atoms with Gasteiger partial charge in [0.25, 0.3) is 0 Å². The molecule has 30 heavy (non-hydrogen) atoms. The second-order valence-corrected chi connectivity index (χ2v) is 8.22. The zero-order valence-corrected chi connectivity index (χ0v) is 18.1. The third-order valence-corrected chi connectivity index (χ3v) is 5.95. The van der Waals surface area contributed by atoms with Crippen LogP contribution in [0.3, 0.4) is 0 Å². The predicted octanol–water partition coefficient (Wildman–Crippen LogP) is 4.13. The number of likely N-dealkylation sites (tertiary alicyclic amines) is 1. The highest BCUT2D eigenvalue weighted by Gasteiger charge is 2.25. The minimum Gasteiger partial charge on any atom is -0.494 e. The number of para-hydroxylation sites is 1. The van der Waals surface area contributed by atoms with E-state index in [1.165, 1.54) is 13.2 Å². The van der Waals surface area contributed by atoms with Crippen LogP contribution in [0.4, 0.5) is 4.39 Å². The number of ether oxygens (including phenoxy) is 1. The number of benzene rings is 2. The van der Waals surface area contributed by atoms with Gasteiger partial charge in [-0.05, 0) is 57.3 Å². The fourth-order valence-electron chi connectivity index (χ4n) is 4.14. The molecule has 2 aromatic carbocycles. The summed E-state index contributed by atoms with van der Waals surface area (Å²) in [4.78, 5) is 4.74. The number of hydrogen-bond acceptors (Lipinski definition) is 4. The van der Waals surface area contributed by atoms with E-state index < -0.39 is 0 Å². The van der Waals surface area contributed by atoms with E-state index in [-0.39, 0.29) is 11.6 Å². The van der Waals surface area contributed by atoms with E-state index >= 15 is 0 Å². The fraction of sp³-hybridized carbons (Fsp3) is 0.375. The Morgan fingerprint density at radius 1 is 1.20 bits per heavy atom. The molecule has 158 valence electrons. The highest BCUT2D eigenvalue weighted by molar-refractivity contribution is 5.64. The summed E-state index contributed by atoms with van der Waals surface area (Å²) < 4.78 is 21.4. The van der Waals surface area contributed by atoms with Crippen LogP contribution >= 0.6 is 0 Å². The Hall–Kier alpha value is -2.70. The first-order valence-corrected chi connectivity index (χ1v) is 10.3. The molecule has 1 aliphatic rings. The Kier molecular flexibility index (Phi) is 5.88. The first-order valence-electron chi connectivity index (χ1n) is 10.3. The van der Waals surface area contributed by atoms with Gasteiger partial charge in [0, 0.05) is 43.0 Å². The van der Waals surface area contributed by atoms with Gasteiger partial charge in [-0.15, -0.1) is 0 Å². The minimum absolute atomic E-state index is 0.243. The van der Waals surface area contributed by atoms with Crippen molar-refractivity contribution in [2.45, 2.75) is 25.9 Å². The molecule has 2 heterocycles. The number of likely N-dealkylation sites (N-methyl/N-ethyl adjacent to an activating group) is 1. The van der Waals surface area contributed by atoms with Gasteiger partial charge in [0.05, 0.1) is 18.5 Å². The van der Waals surface area contributed by atoms with Gasteiger partial charge in [-0.2, -0.15) is 5.10 Å².